The Morgan fingerprint density at radius 3 is 1.60 bits per heavy atom. The fourth-order valence-electron chi connectivity index (χ4n) is 4.63. The first kappa shape index (κ1) is 46.7. The van der Waals surface area contributed by atoms with Crippen molar-refractivity contribution in [3.8, 4) is 23.2 Å². The molecule has 0 amide bonds. The lowest BCUT2D eigenvalue weighted by molar-refractivity contribution is 0.116. The molecular weight excluding hydrogens is 808 g/mol. The monoisotopic (exact) mass is 853 g/mol. The van der Waals surface area contributed by atoms with Crippen molar-refractivity contribution in [3.63, 3.8) is 0 Å². The van der Waals surface area contributed by atoms with Gasteiger partial charge in [-0.25, -0.2) is 21.2 Å². The van der Waals surface area contributed by atoms with E-state index in [1.807, 2.05) is 52.8 Å². The number of alkyl halides is 3. The lowest BCUT2D eigenvalue weighted by Crippen LogP contribution is -2.31. The minimum Gasteiger partial charge on any atom is -0.416 e. The zero-order valence-corrected chi connectivity index (χ0v) is 34.8. The number of aryl methyl sites for hydroxylation is 1. The van der Waals surface area contributed by atoms with Crippen molar-refractivity contribution in [2.24, 2.45) is 0 Å². The average Bonchev–Trinajstić information content (AvgIpc) is 4.08. The molecule has 1 aromatic carbocycles. The molecule has 0 saturated heterocycles. The number of nitrogens with zero attached hydrogens (tertiary/aromatic N) is 9. The van der Waals surface area contributed by atoms with E-state index in [4.69, 9.17) is 17.9 Å². The summed E-state index contributed by atoms with van der Waals surface area (Å²) in [5.74, 6) is -0.981. The molecule has 0 N–H and O–H groups in total. The number of sulfonamides is 2. The summed E-state index contributed by atoms with van der Waals surface area (Å²) in [6.45, 7) is 14.2. The molecule has 17 nitrogen and oxygen atoms in total. The fourth-order valence-corrected chi connectivity index (χ4v) is 6.76. The van der Waals surface area contributed by atoms with Gasteiger partial charge in [-0.2, -0.15) is 8.78 Å². The third-order valence-electron chi connectivity index (χ3n) is 7.51. The largest absolute Gasteiger partial charge is 0.416 e. The number of halogens is 3. The van der Waals surface area contributed by atoms with Gasteiger partial charge in [-0.05, 0) is 57.0 Å². The molecule has 1 atom stereocenters. The first-order chi connectivity index (χ1) is 27.7. The standard InChI is InChI=1S/C18H21FN4O4S.C14H13F2N5O4S.2C2H6/c1-4-13-7-6-8-14(9-13)23(28(24,25)5-2)11-15-10-16(22-27-15)18-21-20-17(26-18)12(3)19;1-2-26(22,23)21(9-4-3-5-17-7-9)8-10-6-11(20-25-10)13-18-19-14(24-13)12(15)16;2*1-2/h6-10,12H,4-5,11H2,1-3H3;3-7,12H,2,8H2,1H3;2*1-2H3. The smallest absolute Gasteiger partial charge is 0.314 e. The summed E-state index contributed by atoms with van der Waals surface area (Å²) in [6, 6.07) is 13.4. The highest BCUT2D eigenvalue weighted by molar-refractivity contribution is 7.93. The van der Waals surface area contributed by atoms with E-state index in [9.17, 15) is 30.0 Å². The van der Waals surface area contributed by atoms with E-state index in [-0.39, 0.29) is 59.4 Å². The van der Waals surface area contributed by atoms with Crippen LogP contribution in [0.3, 0.4) is 0 Å². The van der Waals surface area contributed by atoms with Crippen LogP contribution in [0.5, 0.6) is 0 Å². The summed E-state index contributed by atoms with van der Waals surface area (Å²) in [5, 5.41) is 21.5. The van der Waals surface area contributed by atoms with Crippen LogP contribution in [0, 0.1) is 0 Å². The van der Waals surface area contributed by atoms with Crippen LogP contribution in [-0.2, 0) is 39.6 Å². The first-order valence-electron chi connectivity index (χ1n) is 18.2. The van der Waals surface area contributed by atoms with E-state index in [1.54, 1.807) is 25.1 Å². The Bertz CT molecular complexity index is 2350. The Hall–Kier alpha value is -5.64. The zero-order chi connectivity index (χ0) is 43.0. The first-order valence-corrected chi connectivity index (χ1v) is 21.5. The number of anilines is 2. The Balaban J connectivity index is 0.000000287. The van der Waals surface area contributed by atoms with Crippen LogP contribution in [0.4, 0.5) is 24.5 Å². The predicted molar refractivity (Wildman–Crippen MR) is 208 cm³/mol. The van der Waals surface area contributed by atoms with Gasteiger partial charge in [0.2, 0.25) is 20.0 Å². The summed E-state index contributed by atoms with van der Waals surface area (Å²) < 4.78 is 111. The van der Waals surface area contributed by atoms with Gasteiger partial charge in [-0.3, -0.25) is 13.6 Å². The minimum absolute atomic E-state index is 0.00683. The molecule has 0 aliphatic rings. The fraction of sp³-hybridized carbons (Fsp3) is 0.417. The van der Waals surface area contributed by atoms with E-state index in [2.05, 4.69) is 35.7 Å². The summed E-state index contributed by atoms with van der Waals surface area (Å²) in [4.78, 5) is 3.91. The van der Waals surface area contributed by atoms with Crippen molar-refractivity contribution in [1.82, 2.24) is 35.7 Å². The van der Waals surface area contributed by atoms with Gasteiger partial charge in [-0.15, -0.1) is 20.4 Å². The van der Waals surface area contributed by atoms with Crippen LogP contribution in [0.25, 0.3) is 23.2 Å². The molecule has 0 radical (unpaired) electrons. The second kappa shape index (κ2) is 21.8. The number of pyridine rings is 1. The number of benzene rings is 1. The third kappa shape index (κ3) is 12.2. The predicted octanol–water partition coefficient (Wildman–Crippen LogP) is 8.14. The van der Waals surface area contributed by atoms with Gasteiger partial charge in [0.05, 0.1) is 42.2 Å². The van der Waals surface area contributed by atoms with Crippen LogP contribution >= 0.6 is 0 Å². The normalized spacial score (nSPS) is 11.7. The third-order valence-corrected chi connectivity index (χ3v) is 11.0. The lowest BCUT2D eigenvalue weighted by atomic mass is 10.1. The Kier molecular flexibility index (Phi) is 17.5. The maximum atomic E-state index is 13.2. The zero-order valence-electron chi connectivity index (χ0n) is 33.2. The Morgan fingerprint density at radius 2 is 1.17 bits per heavy atom. The molecule has 6 aromatic rings. The maximum absolute atomic E-state index is 13.2. The Labute approximate surface area is 334 Å². The lowest BCUT2D eigenvalue weighted by Gasteiger charge is -2.23. The molecule has 316 valence electrons. The van der Waals surface area contributed by atoms with Crippen molar-refractivity contribution in [2.75, 3.05) is 20.1 Å². The number of hydrogen-bond donors (Lipinski definition) is 0. The quantitative estimate of drug-likeness (QED) is 0.0952. The molecule has 0 fully saturated rings. The van der Waals surface area contributed by atoms with Crippen molar-refractivity contribution in [2.45, 2.75) is 87.5 Å². The van der Waals surface area contributed by atoms with Crippen LogP contribution in [0.1, 0.15) is 96.9 Å². The maximum Gasteiger partial charge on any atom is 0.314 e. The van der Waals surface area contributed by atoms with Crippen molar-refractivity contribution < 1.29 is 47.9 Å². The van der Waals surface area contributed by atoms with Gasteiger partial charge in [0.25, 0.3) is 23.6 Å². The number of aromatic nitrogens is 7. The molecule has 0 saturated carbocycles. The summed E-state index contributed by atoms with van der Waals surface area (Å²) in [6.07, 6.45) is -0.602. The van der Waals surface area contributed by atoms with Gasteiger partial charge in [-0.1, -0.05) is 57.1 Å². The van der Waals surface area contributed by atoms with E-state index in [0.717, 1.165) is 16.3 Å². The van der Waals surface area contributed by atoms with E-state index >= 15 is 0 Å². The van der Waals surface area contributed by atoms with Crippen LogP contribution in [-0.4, -0.2) is 64.0 Å². The van der Waals surface area contributed by atoms with E-state index in [0.29, 0.717) is 17.1 Å². The van der Waals surface area contributed by atoms with Crippen LogP contribution in [0.15, 0.2) is 78.8 Å². The SMILES string of the molecule is CC.CC.CCS(=O)(=O)N(Cc1cc(-c2nnc(C(F)F)o2)no1)c1cccnc1.CCc1cccc(N(Cc2cc(-c3nnc(C(C)F)o3)no2)S(=O)(=O)CC)c1. The topological polar surface area (TPSA) is 218 Å². The molecule has 22 heteroatoms. The molecule has 58 heavy (non-hydrogen) atoms. The average molecular weight is 854 g/mol. The molecule has 0 aliphatic carbocycles. The summed E-state index contributed by atoms with van der Waals surface area (Å²) >= 11 is 0. The van der Waals surface area contributed by atoms with Gasteiger partial charge >= 0.3 is 6.43 Å². The Morgan fingerprint density at radius 1 is 0.672 bits per heavy atom. The molecule has 0 bridgehead atoms. The van der Waals surface area contributed by atoms with Gasteiger partial charge in [0.15, 0.2) is 29.1 Å². The van der Waals surface area contributed by atoms with Crippen molar-refractivity contribution in [3.05, 3.63) is 89.8 Å². The highest BCUT2D eigenvalue weighted by atomic mass is 32.2. The second-order valence-electron chi connectivity index (χ2n) is 11.2. The second-order valence-corrected chi connectivity index (χ2v) is 15.6. The number of hydrogen-bond acceptors (Lipinski definition) is 15. The number of rotatable bonds is 15. The summed E-state index contributed by atoms with van der Waals surface area (Å²) in [5.41, 5.74) is 2.16. The molecule has 5 aromatic heterocycles. The summed E-state index contributed by atoms with van der Waals surface area (Å²) in [7, 11) is -7.17. The molecule has 1 unspecified atom stereocenters. The van der Waals surface area contributed by atoms with Gasteiger partial charge < -0.3 is 17.9 Å². The van der Waals surface area contributed by atoms with E-state index in [1.165, 1.54) is 42.7 Å². The molecule has 5 heterocycles. The molecule has 0 aliphatic heterocycles. The van der Waals surface area contributed by atoms with Gasteiger partial charge in [0, 0.05) is 18.3 Å². The van der Waals surface area contributed by atoms with E-state index < -0.39 is 38.5 Å². The minimum atomic E-state index is -3.62. The molecule has 0 spiro atoms. The van der Waals surface area contributed by atoms with Crippen LogP contribution < -0.4 is 8.61 Å². The molecular formula is C36H46F3N9O8S2. The highest BCUT2D eigenvalue weighted by Crippen LogP contribution is 2.28. The van der Waals surface area contributed by atoms with Gasteiger partial charge in [0.1, 0.15) is 0 Å². The molecule has 6 rings (SSSR count). The highest BCUT2D eigenvalue weighted by Gasteiger charge is 2.26. The van der Waals surface area contributed by atoms with Crippen molar-refractivity contribution in [1.29, 1.82) is 0 Å². The van der Waals surface area contributed by atoms with Crippen LogP contribution in [0.2, 0.25) is 0 Å². The van der Waals surface area contributed by atoms with Crippen molar-refractivity contribution >= 4 is 31.4 Å².